The van der Waals surface area contributed by atoms with Gasteiger partial charge in [-0.25, -0.2) is 0 Å². The average molecular weight is 573 g/mol. The van der Waals surface area contributed by atoms with Crippen LogP contribution in [0.25, 0.3) is 0 Å². The Labute approximate surface area is 241 Å². The summed E-state index contributed by atoms with van der Waals surface area (Å²) in [7, 11) is 0. The van der Waals surface area contributed by atoms with E-state index in [0.29, 0.717) is 49.4 Å². The van der Waals surface area contributed by atoms with Gasteiger partial charge >= 0.3 is 5.97 Å². The zero-order valence-corrected chi connectivity index (χ0v) is 24.5. The molecule has 0 aromatic heterocycles. The quantitative estimate of drug-likeness (QED) is 0.213. The number of benzene rings is 1. The van der Waals surface area contributed by atoms with Gasteiger partial charge in [0.2, 0.25) is 5.91 Å². The highest BCUT2D eigenvalue weighted by Gasteiger charge is 2.80. The van der Waals surface area contributed by atoms with Gasteiger partial charge in [0, 0.05) is 19.7 Å². The minimum Gasteiger partial charge on any atom is -0.465 e. The topological polar surface area (TPSA) is 96.4 Å². The second-order valence-electron chi connectivity index (χ2n) is 11.4. The van der Waals surface area contributed by atoms with Crippen LogP contribution in [0.1, 0.15) is 51.5 Å². The Balaban J connectivity index is 1.80. The smallest absolute Gasteiger partial charge is 0.312 e. The minimum atomic E-state index is -1.18. The molecule has 1 aromatic rings. The summed E-state index contributed by atoms with van der Waals surface area (Å²) in [5.41, 5.74) is -0.753. The number of ether oxygens (including phenoxy) is 2. The number of anilines is 1. The summed E-state index contributed by atoms with van der Waals surface area (Å²) in [5.74, 6) is -2.82. The first kappa shape index (κ1) is 30.3. The molecule has 0 aliphatic carbocycles. The maximum absolute atomic E-state index is 14.7. The van der Waals surface area contributed by atoms with Crippen molar-refractivity contribution in [1.29, 1.82) is 0 Å². The molecule has 1 spiro atoms. The van der Waals surface area contributed by atoms with Crippen LogP contribution >= 0.6 is 11.6 Å². The minimum absolute atomic E-state index is 0.0549. The number of carbonyl (C=O) groups is 3. The van der Waals surface area contributed by atoms with Crippen molar-refractivity contribution in [3.05, 3.63) is 54.1 Å². The molecule has 1 aromatic carbocycles. The molecule has 3 saturated heterocycles. The second kappa shape index (κ2) is 12.0. The van der Waals surface area contributed by atoms with Crippen molar-refractivity contribution in [3.8, 4) is 0 Å². The predicted octanol–water partition coefficient (Wildman–Crippen LogP) is 4.46. The molecule has 8 nitrogen and oxygen atoms in total. The third-order valence-corrected chi connectivity index (χ3v) is 9.27. The maximum Gasteiger partial charge on any atom is 0.312 e. The van der Waals surface area contributed by atoms with Crippen molar-refractivity contribution in [2.75, 3.05) is 31.2 Å². The van der Waals surface area contributed by atoms with E-state index in [1.807, 2.05) is 32.9 Å². The number of rotatable bonds is 13. The van der Waals surface area contributed by atoms with Crippen LogP contribution < -0.4 is 4.90 Å². The van der Waals surface area contributed by atoms with Gasteiger partial charge in [-0.2, -0.15) is 0 Å². The Hall–Kier alpha value is -2.68. The summed E-state index contributed by atoms with van der Waals surface area (Å²) < 4.78 is 12.4. The standard InChI is InChI=1S/C31H41ClN2O6/c1-6-8-18-39-29(38)24-23-27(36)34(16-10-9-11-17-35)26(31(23)19-21(4)30(24,5)40-31)28(37)33(15-7-2)25-20(3)13-12-14-22(25)32/h6-7,12-14,21,23-24,26,35H,1-2,8-11,15-19H2,3-5H3/t21?,23-,24+,26?,30-,31?/m0/s1. The number of aliphatic hydroxyl groups is 1. The van der Waals surface area contributed by atoms with Gasteiger partial charge in [-0.15, -0.1) is 13.2 Å². The Morgan fingerprint density at radius 2 is 2.02 bits per heavy atom. The van der Waals surface area contributed by atoms with Crippen molar-refractivity contribution >= 4 is 35.1 Å². The number of esters is 1. The second-order valence-corrected chi connectivity index (χ2v) is 11.8. The third kappa shape index (κ3) is 4.88. The van der Waals surface area contributed by atoms with Gasteiger partial charge in [0.05, 0.1) is 28.8 Å². The molecule has 2 bridgehead atoms. The molecule has 0 saturated carbocycles. The van der Waals surface area contributed by atoms with Crippen LogP contribution in [0.5, 0.6) is 0 Å². The van der Waals surface area contributed by atoms with E-state index in [9.17, 15) is 19.5 Å². The highest BCUT2D eigenvalue weighted by molar-refractivity contribution is 6.34. The first-order valence-electron chi connectivity index (χ1n) is 14.2. The molecular weight excluding hydrogens is 532 g/mol. The fourth-order valence-electron chi connectivity index (χ4n) is 7.05. The molecule has 9 heteroatoms. The van der Waals surface area contributed by atoms with E-state index in [-0.39, 0.29) is 37.5 Å². The molecule has 40 heavy (non-hydrogen) atoms. The van der Waals surface area contributed by atoms with E-state index >= 15 is 0 Å². The van der Waals surface area contributed by atoms with Gasteiger partial charge in [0.25, 0.3) is 5.91 Å². The monoisotopic (exact) mass is 572 g/mol. The maximum atomic E-state index is 14.7. The number of likely N-dealkylation sites (tertiary alicyclic amines) is 1. The van der Waals surface area contributed by atoms with Crippen molar-refractivity contribution in [2.45, 2.75) is 70.1 Å². The number of para-hydroxylation sites is 1. The normalized spacial score (nSPS) is 30.3. The molecule has 3 heterocycles. The van der Waals surface area contributed by atoms with E-state index in [2.05, 4.69) is 13.2 Å². The van der Waals surface area contributed by atoms with Crippen molar-refractivity contribution < 1.29 is 29.0 Å². The van der Waals surface area contributed by atoms with Crippen LogP contribution in [0.4, 0.5) is 5.69 Å². The lowest BCUT2D eigenvalue weighted by molar-refractivity contribution is -0.161. The number of nitrogens with zero attached hydrogens (tertiary/aromatic N) is 2. The van der Waals surface area contributed by atoms with E-state index in [1.54, 1.807) is 28.0 Å². The van der Waals surface area contributed by atoms with Gasteiger partial charge in [-0.05, 0) is 63.5 Å². The fraction of sp³-hybridized carbons (Fsp3) is 0.581. The van der Waals surface area contributed by atoms with Crippen LogP contribution in [-0.4, -0.2) is 71.3 Å². The molecule has 4 rings (SSSR count). The molecule has 3 aliphatic rings. The van der Waals surface area contributed by atoms with Crippen LogP contribution in [0.2, 0.25) is 5.02 Å². The summed E-state index contributed by atoms with van der Waals surface area (Å²) in [6, 6.07) is 4.49. The summed E-state index contributed by atoms with van der Waals surface area (Å²) in [6.45, 7) is 14.0. The summed E-state index contributed by atoms with van der Waals surface area (Å²) in [5, 5.41) is 9.70. The zero-order chi connectivity index (χ0) is 29.2. The lowest BCUT2D eigenvalue weighted by atomic mass is 9.62. The molecule has 218 valence electrons. The number of carbonyl (C=O) groups excluding carboxylic acids is 3. The largest absolute Gasteiger partial charge is 0.465 e. The molecule has 1 N–H and O–H groups in total. The number of fused-ring (bicyclic) bond motifs is 1. The molecule has 6 atom stereocenters. The number of hydrogen-bond acceptors (Lipinski definition) is 6. The molecule has 0 radical (unpaired) electrons. The van der Waals surface area contributed by atoms with Gasteiger partial charge in [0.15, 0.2) is 0 Å². The number of aryl methyl sites for hydroxylation is 1. The SMILES string of the molecule is C=CCCOC(=O)[C@H]1[C@H]2C(=O)N(CCCCCO)C(C(=O)N(CC=C)c3c(C)cccc3Cl)C23CC(C)[C@]1(C)O3. The van der Waals surface area contributed by atoms with Gasteiger partial charge < -0.3 is 24.4 Å². The Kier molecular flexibility index (Phi) is 9.12. The van der Waals surface area contributed by atoms with Gasteiger partial charge in [-0.1, -0.05) is 42.8 Å². The van der Waals surface area contributed by atoms with E-state index in [4.69, 9.17) is 21.1 Å². The first-order chi connectivity index (χ1) is 19.1. The fourth-order valence-corrected chi connectivity index (χ4v) is 7.38. The lowest BCUT2D eigenvalue weighted by Crippen LogP contribution is -2.57. The Morgan fingerprint density at radius 1 is 1.27 bits per heavy atom. The summed E-state index contributed by atoms with van der Waals surface area (Å²) in [4.78, 5) is 45.6. The van der Waals surface area contributed by atoms with Gasteiger partial charge in [-0.3, -0.25) is 14.4 Å². The molecule has 3 unspecified atom stereocenters. The number of halogens is 1. The van der Waals surface area contributed by atoms with E-state index in [0.717, 1.165) is 5.56 Å². The van der Waals surface area contributed by atoms with Crippen molar-refractivity contribution in [2.24, 2.45) is 17.8 Å². The van der Waals surface area contributed by atoms with Crippen LogP contribution in [0.15, 0.2) is 43.5 Å². The van der Waals surface area contributed by atoms with E-state index in [1.165, 1.54) is 0 Å². The highest BCUT2D eigenvalue weighted by atomic mass is 35.5. The average Bonchev–Trinajstić information content (AvgIpc) is 3.42. The summed E-state index contributed by atoms with van der Waals surface area (Å²) >= 11 is 6.62. The molecular formula is C31H41ClN2O6. The van der Waals surface area contributed by atoms with E-state index < -0.39 is 35.0 Å². The Morgan fingerprint density at radius 3 is 2.67 bits per heavy atom. The highest BCUT2D eigenvalue weighted by Crippen LogP contribution is 2.65. The van der Waals surface area contributed by atoms with Gasteiger partial charge in [0.1, 0.15) is 17.6 Å². The molecule has 3 fully saturated rings. The number of aliphatic hydroxyl groups excluding tert-OH is 1. The van der Waals surface area contributed by atoms with Crippen LogP contribution in [0.3, 0.4) is 0 Å². The van der Waals surface area contributed by atoms with Crippen molar-refractivity contribution in [1.82, 2.24) is 4.90 Å². The first-order valence-corrected chi connectivity index (χ1v) is 14.5. The number of amides is 2. The summed E-state index contributed by atoms with van der Waals surface area (Å²) in [6.07, 6.45) is 6.16. The predicted molar refractivity (Wildman–Crippen MR) is 154 cm³/mol. The van der Waals surface area contributed by atoms with Crippen molar-refractivity contribution in [3.63, 3.8) is 0 Å². The molecule has 3 aliphatic heterocycles. The Bertz CT molecular complexity index is 1150. The van der Waals surface area contributed by atoms with Crippen LogP contribution in [0, 0.1) is 24.7 Å². The molecule has 2 amide bonds. The lowest BCUT2D eigenvalue weighted by Gasteiger charge is -2.37. The third-order valence-electron chi connectivity index (χ3n) is 8.96. The number of unbranched alkanes of at least 4 members (excludes halogenated alkanes) is 2. The zero-order valence-electron chi connectivity index (χ0n) is 23.7. The number of hydrogen-bond donors (Lipinski definition) is 1. The van der Waals surface area contributed by atoms with Crippen LogP contribution in [-0.2, 0) is 23.9 Å².